The molecule has 1 saturated carbocycles. The maximum absolute atomic E-state index is 10.7. The third-order valence-electron chi connectivity index (χ3n) is 3.93. The molecule has 0 atom stereocenters. The molecule has 0 aromatic heterocycles. The average Bonchev–Trinajstić information content (AvgIpc) is 2.41. The first kappa shape index (κ1) is 14.3. The summed E-state index contributed by atoms with van der Waals surface area (Å²) in [6.45, 7) is 1.49. The fourth-order valence-corrected chi connectivity index (χ4v) is 2.81. The maximum atomic E-state index is 10.7. The number of hydrogen-bond acceptors (Lipinski definition) is 2. The molecule has 0 heterocycles. The number of hydrogen-bond donors (Lipinski definition) is 0. The Morgan fingerprint density at radius 2 is 1.84 bits per heavy atom. The molecular formula is C17H24O2. The van der Waals surface area contributed by atoms with E-state index >= 15 is 0 Å². The van der Waals surface area contributed by atoms with Crippen LogP contribution in [0.2, 0.25) is 0 Å². The topological polar surface area (TPSA) is 26.3 Å². The van der Waals surface area contributed by atoms with Crippen LogP contribution in [0.5, 0.6) is 0 Å². The summed E-state index contributed by atoms with van der Waals surface area (Å²) >= 11 is 0. The molecule has 104 valence electrons. The van der Waals surface area contributed by atoms with Crippen molar-refractivity contribution < 1.29 is 9.53 Å². The van der Waals surface area contributed by atoms with Crippen molar-refractivity contribution in [3.05, 3.63) is 35.4 Å². The molecule has 2 heteroatoms. The molecule has 0 N–H and O–H groups in total. The number of benzene rings is 1. The molecule has 1 aromatic rings. The van der Waals surface area contributed by atoms with E-state index in [1.54, 1.807) is 0 Å². The molecule has 1 fully saturated rings. The molecular weight excluding hydrogens is 236 g/mol. The van der Waals surface area contributed by atoms with Crippen LogP contribution in [0, 0.1) is 5.92 Å². The quantitative estimate of drug-likeness (QED) is 0.734. The highest BCUT2D eigenvalue weighted by Crippen LogP contribution is 2.22. The molecule has 1 aromatic carbocycles. The number of aldehydes is 1. The van der Waals surface area contributed by atoms with Crippen molar-refractivity contribution >= 4 is 6.29 Å². The SMILES string of the molecule is O=Cc1cccc(COCC2CCCCCCC2)c1. The van der Waals surface area contributed by atoms with Gasteiger partial charge in [0.25, 0.3) is 0 Å². The van der Waals surface area contributed by atoms with Crippen molar-refractivity contribution in [3.8, 4) is 0 Å². The molecule has 0 amide bonds. The second-order valence-corrected chi connectivity index (χ2v) is 5.59. The van der Waals surface area contributed by atoms with E-state index in [0.717, 1.165) is 29.9 Å². The van der Waals surface area contributed by atoms with Crippen LogP contribution < -0.4 is 0 Å². The molecule has 2 rings (SSSR count). The van der Waals surface area contributed by atoms with Crippen molar-refractivity contribution in [2.24, 2.45) is 5.92 Å². The average molecular weight is 260 g/mol. The molecule has 19 heavy (non-hydrogen) atoms. The van der Waals surface area contributed by atoms with Gasteiger partial charge in [-0.15, -0.1) is 0 Å². The molecule has 0 bridgehead atoms. The van der Waals surface area contributed by atoms with Crippen LogP contribution in [0.1, 0.15) is 60.9 Å². The standard InChI is InChI=1S/C17H24O2/c18-12-16-9-6-10-17(11-16)14-19-13-15-7-4-2-1-3-5-8-15/h6,9-12,15H,1-5,7-8,13-14H2. The zero-order valence-electron chi connectivity index (χ0n) is 11.6. The smallest absolute Gasteiger partial charge is 0.150 e. The Morgan fingerprint density at radius 3 is 2.58 bits per heavy atom. The van der Waals surface area contributed by atoms with Gasteiger partial charge < -0.3 is 4.74 Å². The van der Waals surface area contributed by atoms with Crippen molar-refractivity contribution in [1.82, 2.24) is 0 Å². The van der Waals surface area contributed by atoms with E-state index in [2.05, 4.69) is 0 Å². The minimum Gasteiger partial charge on any atom is -0.376 e. The Balaban J connectivity index is 1.73. The Bertz CT molecular complexity index is 379. The second kappa shape index (κ2) is 8.11. The number of carbonyl (C=O) groups excluding carboxylic acids is 1. The fraction of sp³-hybridized carbons (Fsp3) is 0.588. The van der Waals surface area contributed by atoms with Gasteiger partial charge in [-0.1, -0.05) is 50.3 Å². The largest absolute Gasteiger partial charge is 0.376 e. The van der Waals surface area contributed by atoms with Gasteiger partial charge in [0.15, 0.2) is 0 Å². The summed E-state index contributed by atoms with van der Waals surface area (Å²) in [6, 6.07) is 7.67. The summed E-state index contributed by atoms with van der Waals surface area (Å²) in [6.07, 6.45) is 10.4. The zero-order valence-corrected chi connectivity index (χ0v) is 11.6. The minimum atomic E-state index is 0.623. The van der Waals surface area contributed by atoms with E-state index in [0.29, 0.717) is 6.61 Å². The lowest BCUT2D eigenvalue weighted by Crippen LogP contribution is -2.11. The van der Waals surface area contributed by atoms with Crippen LogP contribution in [0.4, 0.5) is 0 Å². The predicted molar refractivity (Wildman–Crippen MR) is 77.3 cm³/mol. The first-order valence-electron chi connectivity index (χ1n) is 7.50. The van der Waals surface area contributed by atoms with Gasteiger partial charge in [0.1, 0.15) is 6.29 Å². The van der Waals surface area contributed by atoms with Crippen molar-refractivity contribution in [1.29, 1.82) is 0 Å². The van der Waals surface area contributed by atoms with Crippen molar-refractivity contribution in [2.45, 2.75) is 51.6 Å². The third-order valence-corrected chi connectivity index (χ3v) is 3.93. The van der Waals surface area contributed by atoms with E-state index in [4.69, 9.17) is 4.74 Å². The first-order chi connectivity index (χ1) is 9.38. The summed E-state index contributed by atoms with van der Waals surface area (Å²) in [5.41, 5.74) is 1.82. The zero-order chi connectivity index (χ0) is 13.3. The lowest BCUT2D eigenvalue weighted by atomic mass is 9.92. The fourth-order valence-electron chi connectivity index (χ4n) is 2.81. The number of rotatable bonds is 5. The monoisotopic (exact) mass is 260 g/mol. The Labute approximate surface area is 116 Å². The third kappa shape index (κ3) is 5.15. The Hall–Kier alpha value is -1.15. The van der Waals surface area contributed by atoms with Gasteiger partial charge in [0.2, 0.25) is 0 Å². The van der Waals surface area contributed by atoms with Gasteiger partial charge in [-0.2, -0.15) is 0 Å². The summed E-state index contributed by atoms with van der Waals surface area (Å²) in [5.74, 6) is 0.731. The molecule has 2 nitrogen and oxygen atoms in total. The van der Waals surface area contributed by atoms with Crippen LogP contribution in [-0.4, -0.2) is 12.9 Å². The number of ether oxygens (including phenoxy) is 1. The molecule has 1 aliphatic rings. The maximum Gasteiger partial charge on any atom is 0.150 e. The van der Waals surface area contributed by atoms with Crippen LogP contribution >= 0.6 is 0 Å². The highest BCUT2D eigenvalue weighted by molar-refractivity contribution is 5.74. The van der Waals surface area contributed by atoms with Gasteiger partial charge >= 0.3 is 0 Å². The normalized spacial score (nSPS) is 17.7. The van der Waals surface area contributed by atoms with Gasteiger partial charge in [0, 0.05) is 12.2 Å². The van der Waals surface area contributed by atoms with E-state index in [-0.39, 0.29) is 0 Å². The highest BCUT2D eigenvalue weighted by Gasteiger charge is 2.11. The van der Waals surface area contributed by atoms with Crippen LogP contribution in [-0.2, 0) is 11.3 Å². The summed E-state index contributed by atoms with van der Waals surface area (Å²) in [4.78, 5) is 10.7. The van der Waals surface area contributed by atoms with Crippen molar-refractivity contribution in [2.75, 3.05) is 6.61 Å². The van der Waals surface area contributed by atoms with Crippen LogP contribution in [0.25, 0.3) is 0 Å². The molecule has 0 saturated heterocycles. The van der Waals surface area contributed by atoms with Crippen LogP contribution in [0.3, 0.4) is 0 Å². The molecule has 0 unspecified atom stereocenters. The molecule has 0 spiro atoms. The second-order valence-electron chi connectivity index (χ2n) is 5.59. The molecule has 0 aliphatic heterocycles. The highest BCUT2D eigenvalue weighted by atomic mass is 16.5. The lowest BCUT2D eigenvalue weighted by molar-refractivity contribution is 0.0776. The van der Waals surface area contributed by atoms with Gasteiger partial charge in [-0.3, -0.25) is 4.79 Å². The predicted octanol–water partition coefficient (Wildman–Crippen LogP) is 4.38. The lowest BCUT2D eigenvalue weighted by Gasteiger charge is -2.19. The van der Waals surface area contributed by atoms with Crippen molar-refractivity contribution in [3.63, 3.8) is 0 Å². The molecule has 1 aliphatic carbocycles. The Morgan fingerprint density at radius 1 is 1.11 bits per heavy atom. The molecule has 0 radical (unpaired) electrons. The summed E-state index contributed by atoms with van der Waals surface area (Å²) < 4.78 is 5.84. The van der Waals surface area contributed by atoms with Gasteiger partial charge in [0.05, 0.1) is 6.61 Å². The van der Waals surface area contributed by atoms with Gasteiger partial charge in [-0.25, -0.2) is 0 Å². The van der Waals surface area contributed by atoms with Crippen LogP contribution in [0.15, 0.2) is 24.3 Å². The summed E-state index contributed by atoms with van der Waals surface area (Å²) in [7, 11) is 0. The minimum absolute atomic E-state index is 0.623. The van der Waals surface area contributed by atoms with E-state index in [1.807, 2.05) is 24.3 Å². The van der Waals surface area contributed by atoms with E-state index in [1.165, 1.54) is 44.9 Å². The van der Waals surface area contributed by atoms with E-state index in [9.17, 15) is 4.79 Å². The van der Waals surface area contributed by atoms with Gasteiger partial charge in [-0.05, 0) is 30.4 Å². The van der Waals surface area contributed by atoms with E-state index < -0.39 is 0 Å². The first-order valence-corrected chi connectivity index (χ1v) is 7.50. The Kier molecular flexibility index (Phi) is 6.09. The summed E-state index contributed by atoms with van der Waals surface area (Å²) in [5, 5.41) is 0. The number of carbonyl (C=O) groups is 1.